The van der Waals surface area contributed by atoms with E-state index in [9.17, 15) is 5.11 Å². The van der Waals surface area contributed by atoms with Gasteiger partial charge < -0.3 is 5.11 Å². The Morgan fingerprint density at radius 3 is 2.29 bits per heavy atom. The first-order valence-electron chi connectivity index (χ1n) is 4.89. The summed E-state index contributed by atoms with van der Waals surface area (Å²) in [5.41, 5.74) is 1.11. The topological polar surface area (TPSA) is 20.2 Å². The Labute approximate surface area is 86.1 Å². The van der Waals surface area contributed by atoms with Crippen LogP contribution in [0.1, 0.15) is 26.3 Å². The Kier molecular flexibility index (Phi) is 3.12. The molecule has 0 amide bonds. The molecule has 0 heterocycles. The fraction of sp³-hybridized carbons (Fsp3) is 0.385. The molecule has 14 heavy (non-hydrogen) atoms. The lowest BCUT2D eigenvalue weighted by atomic mass is 9.81. The summed E-state index contributed by atoms with van der Waals surface area (Å²) in [6.45, 7) is 9.66. The lowest BCUT2D eigenvalue weighted by molar-refractivity contribution is 0.0162. The number of hydrogen-bond acceptors (Lipinski definition) is 1. The zero-order chi connectivity index (χ0) is 10.8. The maximum absolute atomic E-state index is 10.4. The van der Waals surface area contributed by atoms with E-state index in [0.29, 0.717) is 0 Å². The minimum absolute atomic E-state index is 0.0601. The number of rotatable bonds is 3. The van der Waals surface area contributed by atoms with Gasteiger partial charge in [0.2, 0.25) is 0 Å². The third-order valence-corrected chi connectivity index (χ3v) is 2.94. The third kappa shape index (κ3) is 2.05. The van der Waals surface area contributed by atoms with E-state index >= 15 is 0 Å². The van der Waals surface area contributed by atoms with Crippen LogP contribution >= 0.6 is 0 Å². The number of hydrogen-bond donors (Lipinski definition) is 1. The molecule has 0 aliphatic heterocycles. The largest absolute Gasteiger partial charge is 0.385 e. The van der Waals surface area contributed by atoms with E-state index < -0.39 is 5.60 Å². The van der Waals surface area contributed by atoms with Gasteiger partial charge in [-0.1, -0.05) is 49.4 Å². The van der Waals surface area contributed by atoms with Gasteiger partial charge in [0.1, 0.15) is 0 Å². The van der Waals surface area contributed by atoms with Crippen molar-refractivity contribution in [3.63, 3.8) is 0 Å². The molecule has 0 bridgehead atoms. The SMILES string of the molecule is C=C(C)[C@H](C)[C@@](C)(O)c1ccccc1. The van der Waals surface area contributed by atoms with Crippen molar-refractivity contribution in [2.45, 2.75) is 26.4 Å². The minimum Gasteiger partial charge on any atom is -0.385 e. The Bertz CT molecular complexity index is 311. The first-order valence-corrected chi connectivity index (χ1v) is 4.89. The van der Waals surface area contributed by atoms with Crippen LogP contribution in [0, 0.1) is 5.92 Å². The highest BCUT2D eigenvalue weighted by molar-refractivity contribution is 5.24. The van der Waals surface area contributed by atoms with Crippen LogP contribution < -0.4 is 0 Å². The fourth-order valence-corrected chi connectivity index (χ4v) is 1.51. The van der Waals surface area contributed by atoms with Crippen LogP contribution in [0.3, 0.4) is 0 Å². The predicted octanol–water partition coefficient (Wildman–Crippen LogP) is 3.11. The molecule has 0 saturated heterocycles. The van der Waals surface area contributed by atoms with Crippen molar-refractivity contribution >= 4 is 0 Å². The molecular weight excluding hydrogens is 172 g/mol. The van der Waals surface area contributed by atoms with Gasteiger partial charge in [0.25, 0.3) is 0 Å². The molecule has 1 rings (SSSR count). The van der Waals surface area contributed by atoms with Gasteiger partial charge in [-0.05, 0) is 19.4 Å². The van der Waals surface area contributed by atoms with E-state index in [2.05, 4.69) is 6.58 Å². The van der Waals surface area contributed by atoms with Gasteiger partial charge in [0.15, 0.2) is 0 Å². The summed E-state index contributed by atoms with van der Waals surface area (Å²) >= 11 is 0. The minimum atomic E-state index is -0.826. The van der Waals surface area contributed by atoms with Gasteiger partial charge in [0, 0.05) is 5.92 Å². The van der Waals surface area contributed by atoms with E-state index in [1.54, 1.807) is 0 Å². The summed E-state index contributed by atoms with van der Waals surface area (Å²) in [6.07, 6.45) is 0. The normalized spacial score (nSPS) is 17.1. The fourth-order valence-electron chi connectivity index (χ4n) is 1.51. The lowest BCUT2D eigenvalue weighted by Gasteiger charge is -2.31. The summed E-state index contributed by atoms with van der Waals surface area (Å²) in [7, 11) is 0. The summed E-state index contributed by atoms with van der Waals surface area (Å²) < 4.78 is 0. The van der Waals surface area contributed by atoms with Crippen LogP contribution in [0.4, 0.5) is 0 Å². The summed E-state index contributed by atoms with van der Waals surface area (Å²) in [5.74, 6) is 0.0601. The van der Waals surface area contributed by atoms with Crippen LogP contribution in [0.25, 0.3) is 0 Å². The van der Waals surface area contributed by atoms with Crippen molar-refractivity contribution in [2.75, 3.05) is 0 Å². The second-order valence-electron chi connectivity index (χ2n) is 4.08. The first kappa shape index (κ1) is 11.0. The van der Waals surface area contributed by atoms with Crippen molar-refractivity contribution in [1.29, 1.82) is 0 Å². The van der Waals surface area contributed by atoms with Crippen LogP contribution in [0.2, 0.25) is 0 Å². The second kappa shape index (κ2) is 3.97. The molecule has 0 saturated carbocycles. The highest BCUT2D eigenvalue weighted by atomic mass is 16.3. The van der Waals surface area contributed by atoms with Crippen LogP contribution in [0.5, 0.6) is 0 Å². The van der Waals surface area contributed by atoms with Gasteiger partial charge >= 0.3 is 0 Å². The van der Waals surface area contributed by atoms with Gasteiger partial charge in [0.05, 0.1) is 5.60 Å². The summed E-state index contributed by atoms with van der Waals surface area (Å²) in [5, 5.41) is 10.4. The molecule has 0 aliphatic rings. The monoisotopic (exact) mass is 190 g/mol. The molecule has 0 aromatic heterocycles. The maximum Gasteiger partial charge on any atom is 0.0930 e. The summed E-state index contributed by atoms with van der Waals surface area (Å²) in [4.78, 5) is 0. The van der Waals surface area contributed by atoms with Gasteiger partial charge in [-0.25, -0.2) is 0 Å². The number of aliphatic hydroxyl groups is 1. The van der Waals surface area contributed by atoms with Crippen molar-refractivity contribution < 1.29 is 5.11 Å². The highest BCUT2D eigenvalue weighted by Crippen LogP contribution is 2.32. The van der Waals surface area contributed by atoms with E-state index in [0.717, 1.165) is 11.1 Å². The molecule has 1 N–H and O–H groups in total. The van der Waals surface area contributed by atoms with E-state index in [4.69, 9.17) is 0 Å². The second-order valence-corrected chi connectivity index (χ2v) is 4.08. The zero-order valence-electron chi connectivity index (χ0n) is 9.12. The average molecular weight is 190 g/mol. The Morgan fingerprint density at radius 2 is 1.86 bits per heavy atom. The third-order valence-electron chi connectivity index (χ3n) is 2.94. The molecular formula is C13H18O. The van der Waals surface area contributed by atoms with Gasteiger partial charge in [-0.15, -0.1) is 0 Å². The highest BCUT2D eigenvalue weighted by Gasteiger charge is 2.30. The molecule has 0 unspecified atom stereocenters. The molecule has 0 fully saturated rings. The molecule has 1 aromatic rings. The molecule has 1 aromatic carbocycles. The molecule has 2 atom stereocenters. The Balaban J connectivity index is 3.02. The van der Waals surface area contributed by atoms with Crippen LogP contribution in [0.15, 0.2) is 42.5 Å². The molecule has 1 nitrogen and oxygen atoms in total. The molecule has 0 spiro atoms. The van der Waals surface area contributed by atoms with E-state index in [1.165, 1.54) is 0 Å². The molecule has 0 radical (unpaired) electrons. The molecule has 1 heteroatoms. The van der Waals surface area contributed by atoms with E-state index in [1.807, 2.05) is 51.1 Å². The first-order chi connectivity index (χ1) is 6.46. The lowest BCUT2D eigenvalue weighted by Crippen LogP contribution is -2.30. The zero-order valence-corrected chi connectivity index (χ0v) is 9.12. The maximum atomic E-state index is 10.4. The Hall–Kier alpha value is -1.08. The van der Waals surface area contributed by atoms with Crippen molar-refractivity contribution in [3.8, 4) is 0 Å². The predicted molar refractivity (Wildman–Crippen MR) is 60.0 cm³/mol. The molecule has 0 aliphatic carbocycles. The molecule has 76 valence electrons. The van der Waals surface area contributed by atoms with Gasteiger partial charge in [-0.2, -0.15) is 0 Å². The van der Waals surface area contributed by atoms with Crippen molar-refractivity contribution in [2.24, 2.45) is 5.92 Å². The number of benzene rings is 1. The average Bonchev–Trinajstić information content (AvgIpc) is 2.18. The smallest absolute Gasteiger partial charge is 0.0930 e. The standard InChI is InChI=1S/C13H18O/c1-10(2)11(3)13(4,14)12-8-6-5-7-9-12/h5-9,11,14H,1H2,2-4H3/t11-,13+/m0/s1. The quantitative estimate of drug-likeness (QED) is 0.726. The van der Waals surface area contributed by atoms with Crippen LogP contribution in [-0.2, 0) is 5.60 Å². The van der Waals surface area contributed by atoms with E-state index in [-0.39, 0.29) is 5.92 Å². The van der Waals surface area contributed by atoms with Crippen molar-refractivity contribution in [3.05, 3.63) is 48.0 Å². The summed E-state index contributed by atoms with van der Waals surface area (Å²) in [6, 6.07) is 9.72. The van der Waals surface area contributed by atoms with Crippen molar-refractivity contribution in [1.82, 2.24) is 0 Å². The van der Waals surface area contributed by atoms with Crippen LogP contribution in [-0.4, -0.2) is 5.11 Å². The van der Waals surface area contributed by atoms with Gasteiger partial charge in [-0.3, -0.25) is 0 Å². The Morgan fingerprint density at radius 1 is 1.36 bits per heavy atom.